The first-order chi connectivity index (χ1) is 6.66. The molecule has 1 heterocycles. The standard InChI is InChI=1S/C9H11BrN2O2/c1-12(5-3-10)9(14)7-6-11-4-2-8(7)13/h2,4,6H,3,5H2,1H3,(H,11,13). The van der Waals surface area contributed by atoms with Crippen LogP contribution in [0, 0.1) is 0 Å². The van der Waals surface area contributed by atoms with E-state index in [1.54, 1.807) is 7.05 Å². The zero-order chi connectivity index (χ0) is 10.6. The first-order valence-corrected chi connectivity index (χ1v) is 5.27. The molecule has 76 valence electrons. The van der Waals surface area contributed by atoms with Crippen molar-refractivity contribution in [1.82, 2.24) is 9.88 Å². The van der Waals surface area contributed by atoms with Crippen molar-refractivity contribution < 1.29 is 4.79 Å². The van der Waals surface area contributed by atoms with Crippen LogP contribution < -0.4 is 5.43 Å². The van der Waals surface area contributed by atoms with Gasteiger partial charge in [0.05, 0.1) is 0 Å². The highest BCUT2D eigenvalue weighted by Gasteiger charge is 2.13. The molecule has 0 aliphatic rings. The number of alkyl halides is 1. The van der Waals surface area contributed by atoms with Crippen molar-refractivity contribution in [2.24, 2.45) is 0 Å². The molecule has 14 heavy (non-hydrogen) atoms. The van der Waals surface area contributed by atoms with E-state index in [-0.39, 0.29) is 16.9 Å². The number of H-pyrrole nitrogens is 1. The molecule has 1 N–H and O–H groups in total. The maximum Gasteiger partial charge on any atom is 0.259 e. The second-order valence-corrected chi connectivity index (χ2v) is 3.63. The molecular formula is C9H11BrN2O2. The maximum absolute atomic E-state index is 11.6. The molecule has 4 nitrogen and oxygen atoms in total. The monoisotopic (exact) mass is 258 g/mol. The van der Waals surface area contributed by atoms with Crippen molar-refractivity contribution in [3.63, 3.8) is 0 Å². The fourth-order valence-corrected chi connectivity index (χ4v) is 1.55. The molecule has 0 saturated carbocycles. The van der Waals surface area contributed by atoms with Crippen molar-refractivity contribution in [1.29, 1.82) is 0 Å². The van der Waals surface area contributed by atoms with Crippen LogP contribution in [-0.4, -0.2) is 34.7 Å². The number of carbonyl (C=O) groups is 1. The van der Waals surface area contributed by atoms with E-state index in [1.165, 1.54) is 23.4 Å². The summed E-state index contributed by atoms with van der Waals surface area (Å²) in [4.78, 5) is 27.2. The van der Waals surface area contributed by atoms with Crippen molar-refractivity contribution in [2.45, 2.75) is 0 Å². The molecule has 1 aromatic heterocycles. The summed E-state index contributed by atoms with van der Waals surface area (Å²) in [6.07, 6.45) is 2.93. The van der Waals surface area contributed by atoms with Gasteiger partial charge in [0, 0.05) is 37.4 Å². The van der Waals surface area contributed by atoms with Crippen molar-refractivity contribution >= 4 is 21.8 Å². The lowest BCUT2D eigenvalue weighted by atomic mass is 10.2. The molecule has 0 unspecified atom stereocenters. The van der Waals surface area contributed by atoms with Crippen LogP contribution in [0.3, 0.4) is 0 Å². The average Bonchev–Trinajstić information content (AvgIpc) is 2.18. The van der Waals surface area contributed by atoms with Crippen molar-refractivity contribution in [2.75, 3.05) is 18.9 Å². The van der Waals surface area contributed by atoms with Crippen LogP contribution in [0.2, 0.25) is 0 Å². The van der Waals surface area contributed by atoms with Gasteiger partial charge in [0.2, 0.25) is 0 Å². The first kappa shape index (κ1) is 11.0. The van der Waals surface area contributed by atoms with Gasteiger partial charge in [-0.3, -0.25) is 9.59 Å². The van der Waals surface area contributed by atoms with Crippen molar-refractivity contribution in [3.8, 4) is 0 Å². The zero-order valence-corrected chi connectivity index (χ0v) is 9.37. The fraction of sp³-hybridized carbons (Fsp3) is 0.333. The van der Waals surface area contributed by atoms with Crippen LogP contribution in [0.5, 0.6) is 0 Å². The van der Waals surface area contributed by atoms with Gasteiger partial charge in [-0.25, -0.2) is 0 Å². The lowest BCUT2D eigenvalue weighted by Gasteiger charge is -2.14. The molecule has 0 aromatic carbocycles. The molecule has 0 atom stereocenters. The summed E-state index contributed by atoms with van der Waals surface area (Å²) in [6.45, 7) is 0.577. The summed E-state index contributed by atoms with van der Waals surface area (Å²) in [6, 6.07) is 1.34. The summed E-state index contributed by atoms with van der Waals surface area (Å²) in [5.41, 5.74) is -0.0777. The highest BCUT2D eigenvalue weighted by molar-refractivity contribution is 9.09. The number of hydrogen-bond donors (Lipinski definition) is 1. The number of nitrogens with zero attached hydrogens (tertiary/aromatic N) is 1. The largest absolute Gasteiger partial charge is 0.367 e. The zero-order valence-electron chi connectivity index (χ0n) is 7.79. The summed E-state index contributed by atoms with van der Waals surface area (Å²) in [5, 5.41) is 0.694. The highest BCUT2D eigenvalue weighted by Crippen LogP contribution is 1.96. The minimum absolute atomic E-state index is 0.177. The molecule has 1 aromatic rings. The minimum atomic E-state index is -0.258. The number of pyridine rings is 1. The lowest BCUT2D eigenvalue weighted by Crippen LogP contribution is -2.32. The number of carbonyl (C=O) groups excluding carboxylic acids is 1. The number of halogens is 1. The molecule has 0 saturated heterocycles. The van der Waals surface area contributed by atoms with Gasteiger partial charge < -0.3 is 9.88 Å². The Morgan fingerprint density at radius 1 is 1.64 bits per heavy atom. The molecular weight excluding hydrogens is 248 g/mol. The van der Waals surface area contributed by atoms with Gasteiger partial charge >= 0.3 is 0 Å². The normalized spacial score (nSPS) is 9.86. The Morgan fingerprint density at radius 2 is 2.36 bits per heavy atom. The summed E-state index contributed by atoms with van der Waals surface area (Å²) >= 11 is 3.23. The quantitative estimate of drug-likeness (QED) is 0.818. The number of hydrogen-bond acceptors (Lipinski definition) is 2. The minimum Gasteiger partial charge on any atom is -0.367 e. The molecule has 0 spiro atoms. The number of aromatic amines is 1. The molecule has 1 rings (SSSR count). The Labute approximate surface area is 90.1 Å². The third-order valence-electron chi connectivity index (χ3n) is 1.82. The van der Waals surface area contributed by atoms with Gasteiger partial charge in [-0.05, 0) is 0 Å². The van der Waals surface area contributed by atoms with E-state index >= 15 is 0 Å². The summed E-state index contributed by atoms with van der Waals surface area (Å²) in [7, 11) is 1.66. The van der Waals surface area contributed by atoms with Gasteiger partial charge in [0.1, 0.15) is 5.56 Å². The molecule has 1 amide bonds. The molecule has 0 bridgehead atoms. The molecule has 0 aliphatic carbocycles. The average molecular weight is 259 g/mol. The second-order valence-electron chi connectivity index (χ2n) is 2.84. The van der Waals surface area contributed by atoms with E-state index in [1.807, 2.05) is 0 Å². The Balaban J connectivity index is 2.90. The molecule has 0 radical (unpaired) electrons. The van der Waals surface area contributed by atoms with Crippen LogP contribution in [0.15, 0.2) is 23.3 Å². The van der Waals surface area contributed by atoms with E-state index < -0.39 is 0 Å². The predicted octanol–water partition coefficient (Wildman–Crippen LogP) is 0.842. The molecule has 5 heteroatoms. The first-order valence-electron chi connectivity index (χ1n) is 4.15. The summed E-state index contributed by atoms with van der Waals surface area (Å²) < 4.78 is 0. The van der Waals surface area contributed by atoms with Crippen LogP contribution >= 0.6 is 15.9 Å². The Hall–Kier alpha value is -1.10. The lowest BCUT2D eigenvalue weighted by molar-refractivity contribution is 0.0802. The number of nitrogens with one attached hydrogen (secondary N) is 1. The van der Waals surface area contributed by atoms with Gasteiger partial charge in [0.15, 0.2) is 5.43 Å². The fourth-order valence-electron chi connectivity index (χ4n) is 1.02. The smallest absolute Gasteiger partial charge is 0.259 e. The summed E-state index contributed by atoms with van der Waals surface area (Å²) in [5.74, 6) is -0.258. The van der Waals surface area contributed by atoms with Crippen LogP contribution in [0.25, 0.3) is 0 Å². The van der Waals surface area contributed by atoms with Gasteiger partial charge in [-0.2, -0.15) is 0 Å². The third kappa shape index (κ3) is 2.45. The second kappa shape index (κ2) is 4.95. The predicted molar refractivity (Wildman–Crippen MR) is 57.8 cm³/mol. The van der Waals surface area contributed by atoms with E-state index in [4.69, 9.17) is 0 Å². The van der Waals surface area contributed by atoms with E-state index in [9.17, 15) is 9.59 Å². The third-order valence-corrected chi connectivity index (χ3v) is 2.18. The van der Waals surface area contributed by atoms with E-state index in [0.717, 1.165) is 0 Å². The van der Waals surface area contributed by atoms with Gasteiger partial charge in [-0.1, -0.05) is 15.9 Å². The van der Waals surface area contributed by atoms with Gasteiger partial charge in [0.25, 0.3) is 5.91 Å². The Morgan fingerprint density at radius 3 is 2.93 bits per heavy atom. The highest BCUT2D eigenvalue weighted by atomic mass is 79.9. The van der Waals surface area contributed by atoms with E-state index in [0.29, 0.717) is 11.9 Å². The molecule has 0 aliphatic heterocycles. The van der Waals surface area contributed by atoms with Crippen molar-refractivity contribution in [3.05, 3.63) is 34.2 Å². The van der Waals surface area contributed by atoms with Crippen LogP contribution in [0.4, 0.5) is 0 Å². The Bertz CT molecular complexity index is 375. The Kier molecular flexibility index (Phi) is 3.88. The van der Waals surface area contributed by atoms with Crippen LogP contribution in [-0.2, 0) is 0 Å². The molecule has 0 fully saturated rings. The van der Waals surface area contributed by atoms with Crippen LogP contribution in [0.1, 0.15) is 10.4 Å². The van der Waals surface area contributed by atoms with Gasteiger partial charge in [-0.15, -0.1) is 0 Å². The van der Waals surface area contributed by atoms with E-state index in [2.05, 4.69) is 20.9 Å². The number of amides is 1. The maximum atomic E-state index is 11.6. The number of rotatable bonds is 3. The topological polar surface area (TPSA) is 53.2 Å². The number of aromatic nitrogens is 1. The SMILES string of the molecule is CN(CCBr)C(=O)c1c[nH]ccc1=O.